The van der Waals surface area contributed by atoms with Gasteiger partial charge in [-0.15, -0.1) is 0 Å². The summed E-state index contributed by atoms with van der Waals surface area (Å²) in [6.45, 7) is 4.00. The summed E-state index contributed by atoms with van der Waals surface area (Å²) in [5.74, 6) is 0.740. The standard InChI is InChI=1S/C26H43N3O2/c1-2-3-16-26(31,22-13-8-5-9-14-22)23-15-10-17-29(20-23)25(30)28-24(19-27)18-21-11-6-4-7-12-21/h5,8-9,13-14,21,23-24,31H,2-4,6-7,10-12,15-20,27H2,1H3,(H,28,30). The molecule has 1 aromatic rings. The summed E-state index contributed by atoms with van der Waals surface area (Å²) in [4.78, 5) is 15.0. The van der Waals surface area contributed by atoms with E-state index in [2.05, 4.69) is 12.2 Å². The zero-order valence-electron chi connectivity index (χ0n) is 19.4. The van der Waals surface area contributed by atoms with Crippen molar-refractivity contribution < 1.29 is 9.90 Å². The van der Waals surface area contributed by atoms with Gasteiger partial charge in [0.15, 0.2) is 0 Å². The van der Waals surface area contributed by atoms with Gasteiger partial charge in [0.05, 0.1) is 5.60 Å². The highest BCUT2D eigenvalue weighted by Crippen LogP contribution is 2.39. The van der Waals surface area contributed by atoms with E-state index in [4.69, 9.17) is 5.73 Å². The molecule has 1 aromatic carbocycles. The predicted octanol–water partition coefficient (Wildman–Crippen LogP) is 4.78. The van der Waals surface area contributed by atoms with Gasteiger partial charge in [-0.05, 0) is 37.2 Å². The van der Waals surface area contributed by atoms with Crippen molar-refractivity contribution in [2.45, 2.75) is 89.2 Å². The number of rotatable bonds is 9. The van der Waals surface area contributed by atoms with E-state index in [1.807, 2.05) is 35.2 Å². The molecule has 3 unspecified atom stereocenters. The van der Waals surface area contributed by atoms with Crippen LogP contribution in [0.3, 0.4) is 0 Å². The van der Waals surface area contributed by atoms with Crippen LogP contribution >= 0.6 is 0 Å². The second kappa shape index (κ2) is 11.9. The van der Waals surface area contributed by atoms with Crippen molar-refractivity contribution in [1.82, 2.24) is 10.2 Å². The molecule has 2 aliphatic rings. The number of carbonyl (C=O) groups is 1. The number of nitrogens with two attached hydrogens (primary N) is 1. The molecule has 4 N–H and O–H groups in total. The second-order valence-corrected chi connectivity index (χ2v) is 9.80. The zero-order valence-corrected chi connectivity index (χ0v) is 19.4. The number of hydrogen-bond acceptors (Lipinski definition) is 3. The highest BCUT2D eigenvalue weighted by Gasteiger charge is 2.41. The molecule has 1 heterocycles. The van der Waals surface area contributed by atoms with Crippen molar-refractivity contribution in [1.29, 1.82) is 0 Å². The first kappa shape index (κ1) is 24.1. The summed E-state index contributed by atoms with van der Waals surface area (Å²) in [5, 5.41) is 15.0. The van der Waals surface area contributed by atoms with Crippen LogP contribution < -0.4 is 11.1 Å². The van der Waals surface area contributed by atoms with E-state index in [1.165, 1.54) is 32.1 Å². The highest BCUT2D eigenvalue weighted by molar-refractivity contribution is 5.74. The molecule has 31 heavy (non-hydrogen) atoms. The van der Waals surface area contributed by atoms with Crippen molar-refractivity contribution >= 4 is 6.03 Å². The Bertz CT molecular complexity index is 662. The third-order valence-corrected chi connectivity index (χ3v) is 7.52. The quantitative estimate of drug-likeness (QED) is 0.528. The molecule has 5 nitrogen and oxygen atoms in total. The van der Waals surface area contributed by atoms with E-state index < -0.39 is 5.60 Å². The number of likely N-dealkylation sites (tertiary alicyclic amines) is 1. The largest absolute Gasteiger partial charge is 0.385 e. The SMILES string of the molecule is CCCCC(O)(c1ccccc1)C1CCCN(C(=O)NC(CN)CC2CCCCC2)C1. The number of piperidine rings is 1. The fourth-order valence-corrected chi connectivity index (χ4v) is 5.61. The first-order valence-electron chi connectivity index (χ1n) is 12.6. The molecule has 0 aromatic heterocycles. The normalized spacial score (nSPS) is 23.2. The molecule has 1 saturated carbocycles. The Morgan fingerprint density at radius 1 is 1.19 bits per heavy atom. The molecule has 3 rings (SSSR count). The second-order valence-electron chi connectivity index (χ2n) is 9.80. The van der Waals surface area contributed by atoms with E-state index >= 15 is 0 Å². The Kier molecular flexibility index (Phi) is 9.21. The van der Waals surface area contributed by atoms with Crippen LogP contribution in [0.2, 0.25) is 0 Å². The van der Waals surface area contributed by atoms with Crippen LogP contribution in [0, 0.1) is 11.8 Å². The van der Waals surface area contributed by atoms with E-state index in [-0.39, 0.29) is 18.0 Å². The van der Waals surface area contributed by atoms with Crippen LogP contribution in [0.25, 0.3) is 0 Å². The van der Waals surface area contributed by atoms with Crippen LogP contribution in [-0.2, 0) is 5.60 Å². The van der Waals surface area contributed by atoms with Crippen LogP contribution in [0.5, 0.6) is 0 Å². The maximum Gasteiger partial charge on any atom is 0.317 e. The van der Waals surface area contributed by atoms with E-state index in [9.17, 15) is 9.90 Å². The predicted molar refractivity (Wildman–Crippen MR) is 127 cm³/mol. The van der Waals surface area contributed by atoms with Crippen LogP contribution in [0.1, 0.15) is 83.1 Å². The van der Waals surface area contributed by atoms with E-state index in [0.29, 0.717) is 19.0 Å². The molecule has 5 heteroatoms. The molecule has 174 valence electrons. The maximum absolute atomic E-state index is 13.1. The van der Waals surface area contributed by atoms with Gasteiger partial charge in [0.25, 0.3) is 0 Å². The van der Waals surface area contributed by atoms with Gasteiger partial charge in [0, 0.05) is 31.6 Å². The number of aliphatic hydroxyl groups is 1. The monoisotopic (exact) mass is 429 g/mol. The van der Waals surface area contributed by atoms with Crippen molar-refractivity contribution in [3.05, 3.63) is 35.9 Å². The summed E-state index contributed by atoms with van der Waals surface area (Å²) < 4.78 is 0. The third kappa shape index (κ3) is 6.45. The molecule has 1 aliphatic heterocycles. The number of carbonyl (C=O) groups excluding carboxylic acids is 1. The number of amides is 2. The summed E-state index contributed by atoms with van der Waals surface area (Å²) in [6.07, 6.45) is 12.1. The lowest BCUT2D eigenvalue weighted by atomic mass is 9.74. The number of benzene rings is 1. The summed E-state index contributed by atoms with van der Waals surface area (Å²) >= 11 is 0. The van der Waals surface area contributed by atoms with Crippen LogP contribution in [0.4, 0.5) is 4.79 Å². The van der Waals surface area contributed by atoms with Gasteiger partial charge >= 0.3 is 6.03 Å². The molecule has 0 spiro atoms. The van der Waals surface area contributed by atoms with Gasteiger partial charge in [0.2, 0.25) is 0 Å². The van der Waals surface area contributed by atoms with Gasteiger partial charge in [-0.3, -0.25) is 0 Å². The van der Waals surface area contributed by atoms with Crippen LogP contribution in [-0.4, -0.2) is 41.7 Å². The number of urea groups is 1. The topological polar surface area (TPSA) is 78.6 Å². The van der Waals surface area contributed by atoms with Gasteiger partial charge < -0.3 is 21.1 Å². The molecular weight excluding hydrogens is 386 g/mol. The molecule has 2 amide bonds. The van der Waals surface area contributed by atoms with Crippen molar-refractivity contribution in [3.8, 4) is 0 Å². The Balaban J connectivity index is 1.64. The minimum atomic E-state index is -0.883. The molecular formula is C26H43N3O2. The first-order chi connectivity index (χ1) is 15.1. The fraction of sp³-hybridized carbons (Fsp3) is 0.731. The molecule has 1 saturated heterocycles. The highest BCUT2D eigenvalue weighted by atomic mass is 16.3. The maximum atomic E-state index is 13.1. The first-order valence-corrected chi connectivity index (χ1v) is 12.6. The average Bonchev–Trinajstić information content (AvgIpc) is 2.83. The van der Waals surface area contributed by atoms with E-state index in [0.717, 1.165) is 50.6 Å². The van der Waals surface area contributed by atoms with Gasteiger partial charge in [-0.2, -0.15) is 0 Å². The lowest BCUT2D eigenvalue weighted by Gasteiger charge is -2.43. The molecule has 3 atom stereocenters. The Morgan fingerprint density at radius 2 is 1.94 bits per heavy atom. The fourth-order valence-electron chi connectivity index (χ4n) is 5.61. The summed E-state index contributed by atoms with van der Waals surface area (Å²) in [6, 6.07) is 10.1. The number of nitrogens with one attached hydrogen (secondary N) is 1. The molecule has 2 fully saturated rings. The third-order valence-electron chi connectivity index (χ3n) is 7.52. The van der Waals surface area contributed by atoms with Crippen LogP contribution in [0.15, 0.2) is 30.3 Å². The summed E-state index contributed by atoms with van der Waals surface area (Å²) in [5.41, 5.74) is 6.12. The van der Waals surface area contributed by atoms with E-state index in [1.54, 1.807) is 0 Å². The molecule has 0 radical (unpaired) electrons. The zero-order chi connectivity index (χ0) is 22.1. The number of hydrogen-bond donors (Lipinski definition) is 3. The minimum absolute atomic E-state index is 0.0122. The molecule has 1 aliphatic carbocycles. The number of nitrogens with zero attached hydrogens (tertiary/aromatic N) is 1. The lowest BCUT2D eigenvalue weighted by Crippen LogP contribution is -2.53. The smallest absolute Gasteiger partial charge is 0.317 e. The van der Waals surface area contributed by atoms with Crippen molar-refractivity contribution in [2.24, 2.45) is 17.6 Å². The van der Waals surface area contributed by atoms with Crippen molar-refractivity contribution in [2.75, 3.05) is 19.6 Å². The Labute approximate surface area is 188 Å². The lowest BCUT2D eigenvalue weighted by molar-refractivity contribution is -0.0555. The Hall–Kier alpha value is -1.59. The van der Waals surface area contributed by atoms with Gasteiger partial charge in [0.1, 0.15) is 0 Å². The summed E-state index contributed by atoms with van der Waals surface area (Å²) in [7, 11) is 0. The number of unbranched alkanes of at least 4 members (excludes halogenated alkanes) is 1. The van der Waals surface area contributed by atoms with Gasteiger partial charge in [-0.25, -0.2) is 4.79 Å². The average molecular weight is 430 g/mol. The molecule has 0 bridgehead atoms. The van der Waals surface area contributed by atoms with Crippen molar-refractivity contribution in [3.63, 3.8) is 0 Å². The Morgan fingerprint density at radius 3 is 2.61 bits per heavy atom. The minimum Gasteiger partial charge on any atom is -0.385 e. The van der Waals surface area contributed by atoms with Gasteiger partial charge in [-0.1, -0.05) is 82.2 Å².